The number of fused-ring (bicyclic) bond motifs is 1. The Morgan fingerprint density at radius 3 is 2.55 bits per heavy atom. The number of nitrogens with one attached hydrogen (secondary N) is 1. The molecule has 0 aliphatic carbocycles. The maximum atomic E-state index is 12.4. The molecule has 4 rings (SSSR count). The summed E-state index contributed by atoms with van der Waals surface area (Å²) >= 11 is 10.7. The first kappa shape index (κ1) is 20.7. The highest BCUT2D eigenvalue weighted by atomic mass is 79.9. The van der Waals surface area contributed by atoms with Gasteiger partial charge in [0.05, 0.1) is 29.3 Å². The Kier molecular flexibility index (Phi) is 5.92. The van der Waals surface area contributed by atoms with Crippen molar-refractivity contribution in [3.8, 4) is 0 Å². The summed E-state index contributed by atoms with van der Waals surface area (Å²) in [5, 5.41) is 4.11. The highest BCUT2D eigenvalue weighted by molar-refractivity contribution is 9.10. The van der Waals surface area contributed by atoms with E-state index in [1.165, 1.54) is 11.8 Å². The molecule has 2 aromatic carbocycles. The van der Waals surface area contributed by atoms with E-state index in [1.807, 2.05) is 41.3 Å². The first-order chi connectivity index (χ1) is 13.8. The number of nitrogens with zero attached hydrogens (tertiary/aromatic N) is 2. The van der Waals surface area contributed by atoms with Gasteiger partial charge in [0.25, 0.3) is 0 Å². The van der Waals surface area contributed by atoms with Crippen LogP contribution in [0.3, 0.4) is 0 Å². The van der Waals surface area contributed by atoms with Crippen molar-refractivity contribution >= 4 is 71.6 Å². The van der Waals surface area contributed by atoms with Crippen LogP contribution in [0.15, 0.2) is 58.0 Å². The van der Waals surface area contributed by atoms with E-state index >= 15 is 0 Å². The molecule has 152 valence electrons. The molecule has 1 amide bonds. The summed E-state index contributed by atoms with van der Waals surface area (Å²) in [7, 11) is -3.12. The van der Waals surface area contributed by atoms with Crippen LogP contribution in [0, 0.1) is 0 Å². The molecule has 0 radical (unpaired) electrons. The van der Waals surface area contributed by atoms with Gasteiger partial charge in [0.2, 0.25) is 5.91 Å². The molecule has 6 nitrogen and oxygen atoms in total. The maximum absolute atomic E-state index is 12.4. The monoisotopic (exact) mass is 513 g/mol. The molecule has 0 spiro atoms. The van der Waals surface area contributed by atoms with E-state index in [1.54, 1.807) is 12.1 Å². The lowest BCUT2D eigenvalue weighted by Crippen LogP contribution is -2.39. The van der Waals surface area contributed by atoms with Crippen molar-refractivity contribution in [3.63, 3.8) is 0 Å². The molecule has 2 aliphatic rings. The fraction of sp³-hybridized carbons (Fsp3) is 0.263. The molecule has 1 saturated heterocycles. The van der Waals surface area contributed by atoms with E-state index in [-0.39, 0.29) is 35.2 Å². The van der Waals surface area contributed by atoms with Gasteiger partial charge in [-0.25, -0.2) is 8.42 Å². The number of hydrogen-bond acceptors (Lipinski definition) is 6. The van der Waals surface area contributed by atoms with Gasteiger partial charge in [-0.1, -0.05) is 39.3 Å². The van der Waals surface area contributed by atoms with Gasteiger partial charge in [-0.05, 0) is 48.5 Å². The van der Waals surface area contributed by atoms with E-state index in [0.29, 0.717) is 15.9 Å². The van der Waals surface area contributed by atoms with Crippen LogP contribution < -0.4 is 10.2 Å². The van der Waals surface area contributed by atoms with Crippen LogP contribution in [0.25, 0.3) is 0 Å². The van der Waals surface area contributed by atoms with Crippen molar-refractivity contribution in [1.29, 1.82) is 0 Å². The van der Waals surface area contributed by atoms with Crippen LogP contribution >= 0.6 is 39.3 Å². The molecular formula is C19H17BrClN3O3S2. The minimum absolute atomic E-state index is 0.0386. The van der Waals surface area contributed by atoms with Crippen molar-refractivity contribution in [1.82, 2.24) is 0 Å². The second kappa shape index (κ2) is 8.29. The highest BCUT2D eigenvalue weighted by Gasteiger charge is 2.47. The van der Waals surface area contributed by atoms with Crippen LogP contribution in [-0.2, 0) is 14.6 Å². The number of carbonyl (C=O) groups is 1. The van der Waals surface area contributed by atoms with Gasteiger partial charge in [-0.15, -0.1) is 0 Å². The number of aliphatic imine (C=N–C) groups is 1. The zero-order chi connectivity index (χ0) is 20.6. The Labute approximate surface area is 186 Å². The van der Waals surface area contributed by atoms with Crippen molar-refractivity contribution in [2.45, 2.75) is 12.1 Å². The molecule has 2 aliphatic heterocycles. The third kappa shape index (κ3) is 4.79. The molecule has 2 heterocycles. The molecule has 0 saturated carbocycles. The molecule has 2 atom stereocenters. The highest BCUT2D eigenvalue weighted by Crippen LogP contribution is 2.35. The van der Waals surface area contributed by atoms with E-state index < -0.39 is 9.84 Å². The minimum atomic E-state index is -3.12. The SMILES string of the molecule is O=C(CSC1=N[C@H]2CS(=O)(=O)C[C@@H]2N1c1ccc(Cl)cc1)Nc1ccc(Br)cc1. The van der Waals surface area contributed by atoms with Crippen LogP contribution in [0.5, 0.6) is 0 Å². The molecular weight excluding hydrogens is 498 g/mol. The van der Waals surface area contributed by atoms with E-state index in [0.717, 1.165) is 10.2 Å². The Balaban J connectivity index is 1.49. The fourth-order valence-corrected chi connectivity index (χ4v) is 6.55. The summed E-state index contributed by atoms with van der Waals surface area (Å²) in [5.41, 5.74) is 1.53. The summed E-state index contributed by atoms with van der Waals surface area (Å²) in [4.78, 5) is 18.9. The Hall–Kier alpha value is -1.55. The number of hydrogen-bond donors (Lipinski definition) is 1. The fourth-order valence-electron chi connectivity index (χ4n) is 3.40. The Morgan fingerprint density at radius 2 is 1.86 bits per heavy atom. The maximum Gasteiger partial charge on any atom is 0.234 e. The number of amidine groups is 1. The van der Waals surface area contributed by atoms with Crippen molar-refractivity contribution < 1.29 is 13.2 Å². The average molecular weight is 515 g/mol. The number of rotatable bonds is 4. The van der Waals surface area contributed by atoms with Gasteiger partial charge in [-0.2, -0.15) is 0 Å². The largest absolute Gasteiger partial charge is 0.325 e. The average Bonchev–Trinajstić information content (AvgIpc) is 3.14. The number of benzene rings is 2. The molecule has 10 heteroatoms. The summed E-state index contributed by atoms with van der Waals surface area (Å²) in [6.45, 7) is 0. The number of carbonyl (C=O) groups excluding carboxylic acids is 1. The lowest BCUT2D eigenvalue weighted by atomic mass is 10.1. The topological polar surface area (TPSA) is 78.8 Å². The minimum Gasteiger partial charge on any atom is -0.325 e. The third-order valence-corrected chi connectivity index (χ3v) is 8.12. The second-order valence-electron chi connectivity index (χ2n) is 6.81. The van der Waals surface area contributed by atoms with Gasteiger partial charge in [0.15, 0.2) is 15.0 Å². The van der Waals surface area contributed by atoms with Gasteiger partial charge in [0, 0.05) is 20.9 Å². The zero-order valence-electron chi connectivity index (χ0n) is 15.1. The molecule has 1 N–H and O–H groups in total. The summed E-state index contributed by atoms with van der Waals surface area (Å²) in [6.07, 6.45) is 0. The number of sulfone groups is 1. The predicted octanol–water partition coefficient (Wildman–Crippen LogP) is 3.82. The van der Waals surface area contributed by atoms with E-state index in [2.05, 4.69) is 26.2 Å². The van der Waals surface area contributed by atoms with E-state index in [4.69, 9.17) is 11.6 Å². The number of anilines is 2. The van der Waals surface area contributed by atoms with Crippen molar-refractivity contribution in [2.24, 2.45) is 4.99 Å². The standard InChI is InChI=1S/C19H17BrClN3O3S2/c20-12-1-5-14(6-2-12)22-18(25)9-28-19-23-16-10-29(26,27)11-17(16)24(19)15-7-3-13(21)4-8-15/h1-8,16-17H,9-11H2,(H,22,25)/t16-,17-/m0/s1. The van der Waals surface area contributed by atoms with Crippen molar-refractivity contribution in [2.75, 3.05) is 27.5 Å². The quantitative estimate of drug-likeness (QED) is 0.671. The summed E-state index contributed by atoms with van der Waals surface area (Å²) in [5.74, 6) is 0.113. The lowest BCUT2D eigenvalue weighted by molar-refractivity contribution is -0.113. The van der Waals surface area contributed by atoms with Gasteiger partial charge in [-0.3, -0.25) is 9.79 Å². The van der Waals surface area contributed by atoms with Gasteiger partial charge < -0.3 is 10.2 Å². The molecule has 0 unspecified atom stereocenters. The zero-order valence-corrected chi connectivity index (χ0v) is 19.1. The predicted molar refractivity (Wildman–Crippen MR) is 123 cm³/mol. The summed E-state index contributed by atoms with van der Waals surface area (Å²) in [6, 6.07) is 14.0. The Bertz CT molecular complexity index is 1060. The van der Waals surface area contributed by atoms with Gasteiger partial charge >= 0.3 is 0 Å². The first-order valence-corrected chi connectivity index (χ1v) is 12.8. The molecule has 1 fully saturated rings. The Morgan fingerprint density at radius 1 is 1.17 bits per heavy atom. The number of halogens is 2. The van der Waals surface area contributed by atoms with E-state index in [9.17, 15) is 13.2 Å². The number of thioether (sulfide) groups is 1. The first-order valence-electron chi connectivity index (χ1n) is 8.82. The lowest BCUT2D eigenvalue weighted by Gasteiger charge is -2.26. The van der Waals surface area contributed by atoms with Crippen molar-refractivity contribution in [3.05, 3.63) is 58.0 Å². The van der Waals surface area contributed by atoms with Crippen LogP contribution in [0.1, 0.15) is 0 Å². The normalized spacial score (nSPS) is 22.3. The molecule has 0 bridgehead atoms. The van der Waals surface area contributed by atoms with Gasteiger partial charge in [0.1, 0.15) is 0 Å². The number of amides is 1. The second-order valence-corrected chi connectivity index (χ2v) is 11.3. The van der Waals surface area contributed by atoms with Crippen LogP contribution in [-0.4, -0.2) is 48.8 Å². The van der Waals surface area contributed by atoms with Crippen LogP contribution in [0.4, 0.5) is 11.4 Å². The molecule has 2 aromatic rings. The molecule has 29 heavy (non-hydrogen) atoms. The molecule has 0 aromatic heterocycles. The summed E-state index contributed by atoms with van der Waals surface area (Å²) < 4.78 is 25.1. The van der Waals surface area contributed by atoms with Crippen LogP contribution in [0.2, 0.25) is 5.02 Å². The smallest absolute Gasteiger partial charge is 0.234 e. The third-order valence-electron chi connectivity index (χ3n) is 4.67.